The number of nitrogens with one attached hydrogen (secondary N) is 1. The van der Waals surface area contributed by atoms with Crippen molar-refractivity contribution in [1.82, 2.24) is 5.32 Å². The zero-order valence-electron chi connectivity index (χ0n) is 12.4. The molecular weight excluding hydrogens is 234 g/mol. The maximum absolute atomic E-state index is 5.59. The molecule has 106 valence electrons. The Morgan fingerprint density at radius 2 is 2.11 bits per heavy atom. The molecule has 0 saturated heterocycles. The van der Waals surface area contributed by atoms with Gasteiger partial charge in [-0.3, -0.25) is 0 Å². The van der Waals surface area contributed by atoms with Crippen LogP contribution in [0, 0.1) is 0 Å². The van der Waals surface area contributed by atoms with Crippen LogP contribution in [0.3, 0.4) is 0 Å². The number of hydrogen-bond donors (Lipinski definition) is 1. The molecule has 0 amide bonds. The van der Waals surface area contributed by atoms with Crippen molar-refractivity contribution in [2.75, 3.05) is 13.2 Å². The summed E-state index contributed by atoms with van der Waals surface area (Å²) in [5.41, 5.74) is 2.82. The molecule has 2 rings (SSSR count). The summed E-state index contributed by atoms with van der Waals surface area (Å²) in [5, 5.41) is 3.69. The number of ether oxygens (including phenoxy) is 1. The van der Waals surface area contributed by atoms with Crippen molar-refractivity contribution >= 4 is 0 Å². The van der Waals surface area contributed by atoms with Gasteiger partial charge in [-0.05, 0) is 36.6 Å². The number of fused-ring (bicyclic) bond motifs is 1. The van der Waals surface area contributed by atoms with Crippen molar-refractivity contribution in [2.24, 2.45) is 0 Å². The number of unbranched alkanes of at least 4 members (excludes halogenated alkanes) is 2. The molecule has 0 radical (unpaired) electrons. The third-order valence-corrected chi connectivity index (χ3v) is 3.85. The predicted octanol–water partition coefficient (Wildman–Crippen LogP) is 4.24. The summed E-state index contributed by atoms with van der Waals surface area (Å²) in [6.45, 7) is 6.44. The average molecular weight is 261 g/mol. The topological polar surface area (TPSA) is 21.3 Å². The summed E-state index contributed by atoms with van der Waals surface area (Å²) in [7, 11) is 0. The van der Waals surface area contributed by atoms with Crippen LogP contribution in [0.2, 0.25) is 0 Å². The number of hydrogen-bond acceptors (Lipinski definition) is 2. The van der Waals surface area contributed by atoms with Crippen molar-refractivity contribution < 1.29 is 4.74 Å². The maximum Gasteiger partial charge on any atom is 0.122 e. The lowest BCUT2D eigenvalue weighted by atomic mass is 9.97. The summed E-state index contributed by atoms with van der Waals surface area (Å²) in [4.78, 5) is 0. The molecule has 1 aromatic rings. The van der Waals surface area contributed by atoms with Crippen molar-refractivity contribution in [3.8, 4) is 5.75 Å². The van der Waals surface area contributed by atoms with Gasteiger partial charge in [0, 0.05) is 12.5 Å². The van der Waals surface area contributed by atoms with Crippen LogP contribution in [0.25, 0.3) is 0 Å². The lowest BCUT2D eigenvalue weighted by molar-refractivity contribution is 0.356. The lowest BCUT2D eigenvalue weighted by Crippen LogP contribution is -2.22. The summed E-state index contributed by atoms with van der Waals surface area (Å²) in [5.74, 6) is 1.09. The Hall–Kier alpha value is -1.02. The van der Waals surface area contributed by atoms with Gasteiger partial charge in [-0.15, -0.1) is 0 Å². The first-order valence-electron chi connectivity index (χ1n) is 7.84. The van der Waals surface area contributed by atoms with Crippen molar-refractivity contribution in [2.45, 2.75) is 58.4 Å². The van der Waals surface area contributed by atoms with Gasteiger partial charge in [0.05, 0.1) is 6.61 Å². The predicted molar refractivity (Wildman–Crippen MR) is 80.8 cm³/mol. The van der Waals surface area contributed by atoms with Gasteiger partial charge in [0.2, 0.25) is 0 Å². The van der Waals surface area contributed by atoms with Crippen LogP contribution in [0.5, 0.6) is 5.75 Å². The van der Waals surface area contributed by atoms with Crippen LogP contribution < -0.4 is 10.1 Å². The van der Waals surface area contributed by atoms with Gasteiger partial charge in [0.25, 0.3) is 0 Å². The number of rotatable bonds is 8. The average Bonchev–Trinajstić information content (AvgIpc) is 2.90. The van der Waals surface area contributed by atoms with Crippen LogP contribution >= 0.6 is 0 Å². The Kier molecular flexibility index (Phi) is 5.71. The molecule has 0 aliphatic carbocycles. The summed E-state index contributed by atoms with van der Waals surface area (Å²) in [6.07, 6.45) is 7.44. The zero-order valence-corrected chi connectivity index (χ0v) is 12.4. The lowest BCUT2D eigenvalue weighted by Gasteiger charge is -2.19. The highest BCUT2D eigenvalue weighted by Gasteiger charge is 2.16. The van der Waals surface area contributed by atoms with E-state index in [1.807, 2.05) is 0 Å². The molecular formula is C17H27NO. The normalized spacial score (nSPS) is 15.1. The molecule has 1 heterocycles. The van der Waals surface area contributed by atoms with E-state index < -0.39 is 0 Å². The van der Waals surface area contributed by atoms with Gasteiger partial charge >= 0.3 is 0 Å². The van der Waals surface area contributed by atoms with Crippen molar-refractivity contribution in [1.29, 1.82) is 0 Å². The first kappa shape index (κ1) is 14.4. The van der Waals surface area contributed by atoms with Gasteiger partial charge in [-0.2, -0.15) is 0 Å². The molecule has 1 N–H and O–H groups in total. The Labute approximate surface area is 117 Å². The van der Waals surface area contributed by atoms with E-state index >= 15 is 0 Å². The van der Waals surface area contributed by atoms with Crippen LogP contribution in [0.1, 0.15) is 63.1 Å². The Morgan fingerprint density at radius 1 is 1.21 bits per heavy atom. The Bertz CT molecular complexity index is 389. The van der Waals surface area contributed by atoms with Crippen LogP contribution in [0.4, 0.5) is 0 Å². The third-order valence-electron chi connectivity index (χ3n) is 3.85. The molecule has 1 aliphatic rings. The summed E-state index contributed by atoms with van der Waals surface area (Å²) >= 11 is 0. The fourth-order valence-electron chi connectivity index (χ4n) is 2.73. The van der Waals surface area contributed by atoms with Crippen LogP contribution in [-0.4, -0.2) is 13.2 Å². The quantitative estimate of drug-likeness (QED) is 0.707. The summed E-state index contributed by atoms with van der Waals surface area (Å²) < 4.78 is 5.59. The molecule has 1 aromatic carbocycles. The SMILES string of the molecule is CCCCCC(NCCC)c1ccc2c(c1)CCO2. The second-order valence-electron chi connectivity index (χ2n) is 5.47. The molecule has 2 nitrogen and oxygen atoms in total. The maximum atomic E-state index is 5.59. The molecule has 1 unspecified atom stereocenters. The van der Waals surface area contributed by atoms with Crippen molar-refractivity contribution in [3.05, 3.63) is 29.3 Å². The minimum atomic E-state index is 0.511. The molecule has 1 atom stereocenters. The molecule has 0 saturated carbocycles. The first-order valence-corrected chi connectivity index (χ1v) is 7.84. The van der Waals surface area contributed by atoms with E-state index in [0.717, 1.165) is 25.3 Å². The first-order chi connectivity index (χ1) is 9.35. The van der Waals surface area contributed by atoms with E-state index in [9.17, 15) is 0 Å². The van der Waals surface area contributed by atoms with E-state index in [2.05, 4.69) is 37.4 Å². The Balaban J connectivity index is 2.03. The van der Waals surface area contributed by atoms with E-state index in [1.54, 1.807) is 0 Å². The molecule has 2 heteroatoms. The Morgan fingerprint density at radius 3 is 2.89 bits per heavy atom. The van der Waals surface area contributed by atoms with Gasteiger partial charge in [0.15, 0.2) is 0 Å². The molecule has 0 spiro atoms. The van der Waals surface area contributed by atoms with Gasteiger partial charge in [0.1, 0.15) is 5.75 Å². The van der Waals surface area contributed by atoms with E-state index in [4.69, 9.17) is 4.74 Å². The smallest absolute Gasteiger partial charge is 0.122 e. The summed E-state index contributed by atoms with van der Waals surface area (Å²) in [6, 6.07) is 7.25. The third kappa shape index (κ3) is 3.97. The molecule has 0 bridgehead atoms. The number of benzene rings is 1. The van der Waals surface area contributed by atoms with Gasteiger partial charge < -0.3 is 10.1 Å². The largest absolute Gasteiger partial charge is 0.493 e. The van der Waals surface area contributed by atoms with E-state index in [0.29, 0.717) is 6.04 Å². The fraction of sp³-hybridized carbons (Fsp3) is 0.647. The van der Waals surface area contributed by atoms with Gasteiger partial charge in [-0.25, -0.2) is 0 Å². The highest BCUT2D eigenvalue weighted by molar-refractivity contribution is 5.40. The van der Waals surface area contributed by atoms with E-state index in [-0.39, 0.29) is 0 Å². The molecule has 1 aliphatic heterocycles. The highest BCUT2D eigenvalue weighted by atomic mass is 16.5. The minimum absolute atomic E-state index is 0.511. The fourth-order valence-corrected chi connectivity index (χ4v) is 2.73. The molecule has 19 heavy (non-hydrogen) atoms. The van der Waals surface area contributed by atoms with Crippen LogP contribution in [-0.2, 0) is 6.42 Å². The monoisotopic (exact) mass is 261 g/mol. The second kappa shape index (κ2) is 7.54. The van der Waals surface area contributed by atoms with Crippen molar-refractivity contribution in [3.63, 3.8) is 0 Å². The zero-order chi connectivity index (χ0) is 13.5. The minimum Gasteiger partial charge on any atom is -0.493 e. The highest BCUT2D eigenvalue weighted by Crippen LogP contribution is 2.29. The van der Waals surface area contributed by atoms with Gasteiger partial charge in [-0.1, -0.05) is 45.2 Å². The standard InChI is InChI=1S/C17H27NO/c1-3-5-6-7-16(18-11-4-2)14-8-9-17-15(13-14)10-12-19-17/h8-9,13,16,18H,3-7,10-12H2,1-2H3. The molecule has 0 aromatic heterocycles. The van der Waals surface area contributed by atoms with Crippen LogP contribution in [0.15, 0.2) is 18.2 Å². The van der Waals surface area contributed by atoms with E-state index in [1.165, 1.54) is 43.2 Å². The molecule has 0 fully saturated rings. The second-order valence-corrected chi connectivity index (χ2v) is 5.47.